The van der Waals surface area contributed by atoms with E-state index in [-0.39, 0.29) is 24.0 Å². The summed E-state index contributed by atoms with van der Waals surface area (Å²) in [7, 11) is 1.87. The molecule has 0 spiro atoms. The van der Waals surface area contributed by atoms with E-state index in [1.807, 2.05) is 19.2 Å². The van der Waals surface area contributed by atoms with E-state index in [4.69, 9.17) is 4.74 Å². The van der Waals surface area contributed by atoms with E-state index in [1.165, 1.54) is 11.1 Å². The maximum Gasteiger partial charge on any atom is 0.236 e. The smallest absolute Gasteiger partial charge is 0.236 e. The number of carbonyl (C=O) groups is 1. The first kappa shape index (κ1) is 18.4. The predicted molar refractivity (Wildman–Crippen MR) is 97.2 cm³/mol. The van der Waals surface area contributed by atoms with E-state index >= 15 is 0 Å². The lowest BCUT2D eigenvalue weighted by atomic mass is 9.94. The number of morpholine rings is 1. The van der Waals surface area contributed by atoms with E-state index in [9.17, 15) is 9.90 Å². The van der Waals surface area contributed by atoms with Gasteiger partial charge >= 0.3 is 0 Å². The van der Waals surface area contributed by atoms with Crippen molar-refractivity contribution in [1.82, 2.24) is 9.80 Å². The predicted octanol–water partition coefficient (Wildman–Crippen LogP) is 1.82. The molecule has 1 aromatic carbocycles. The normalized spacial score (nSPS) is 27.4. The Morgan fingerprint density at radius 1 is 1.36 bits per heavy atom. The highest BCUT2D eigenvalue weighted by Crippen LogP contribution is 2.32. The van der Waals surface area contributed by atoms with Crippen LogP contribution in [0.15, 0.2) is 24.3 Å². The number of aryl methyl sites for hydroxylation is 1. The average Bonchev–Trinajstić information content (AvgIpc) is 3.03. The number of hydrogen-bond donors (Lipinski definition) is 1. The summed E-state index contributed by atoms with van der Waals surface area (Å²) in [6.07, 6.45) is 2.71. The molecule has 1 aromatic rings. The first-order chi connectivity index (χ1) is 12.1. The van der Waals surface area contributed by atoms with Crippen LogP contribution in [0.5, 0.6) is 0 Å². The zero-order valence-electron chi connectivity index (χ0n) is 15.4. The molecule has 1 amide bonds. The molecular weight excluding hydrogens is 316 g/mol. The number of nitrogens with zero attached hydrogens (tertiary/aromatic N) is 2. The number of benzene rings is 1. The zero-order valence-corrected chi connectivity index (χ0v) is 15.4. The van der Waals surface area contributed by atoms with Gasteiger partial charge in [-0.1, -0.05) is 30.7 Å². The number of aliphatic hydroxyl groups excluding tert-OH is 1. The fraction of sp³-hybridized carbons (Fsp3) is 0.650. The molecule has 3 rings (SSSR count). The highest BCUT2D eigenvalue weighted by molar-refractivity contribution is 5.78. The molecule has 0 bridgehead atoms. The van der Waals surface area contributed by atoms with Crippen molar-refractivity contribution in [3.63, 3.8) is 0 Å². The maximum absolute atomic E-state index is 12.7. The van der Waals surface area contributed by atoms with Gasteiger partial charge in [0.05, 0.1) is 25.9 Å². The number of aliphatic hydroxyl groups is 1. The molecule has 138 valence electrons. The molecule has 1 N–H and O–H groups in total. The molecule has 5 nitrogen and oxygen atoms in total. The molecule has 0 aromatic heterocycles. The first-order valence-corrected chi connectivity index (χ1v) is 9.34. The van der Waals surface area contributed by atoms with Crippen molar-refractivity contribution in [3.8, 4) is 0 Å². The summed E-state index contributed by atoms with van der Waals surface area (Å²) in [6.45, 7) is 5.15. The van der Waals surface area contributed by atoms with Gasteiger partial charge < -0.3 is 14.7 Å². The van der Waals surface area contributed by atoms with Crippen molar-refractivity contribution in [2.75, 3.05) is 33.4 Å². The molecule has 3 atom stereocenters. The van der Waals surface area contributed by atoms with E-state index < -0.39 is 0 Å². The Balaban J connectivity index is 1.61. The topological polar surface area (TPSA) is 53.0 Å². The van der Waals surface area contributed by atoms with Crippen LogP contribution in [0.25, 0.3) is 0 Å². The first-order valence-electron chi connectivity index (χ1n) is 9.34. The molecule has 1 aliphatic heterocycles. The summed E-state index contributed by atoms with van der Waals surface area (Å²) in [5.74, 6) is 0.359. The van der Waals surface area contributed by atoms with E-state index in [0.717, 1.165) is 25.8 Å². The van der Waals surface area contributed by atoms with Gasteiger partial charge in [-0.15, -0.1) is 0 Å². The average molecular weight is 346 g/mol. The van der Waals surface area contributed by atoms with Crippen LogP contribution in [0.3, 0.4) is 0 Å². The third-order valence-corrected chi connectivity index (χ3v) is 5.74. The standard InChI is InChI=1S/C20H30N2O3/c1-15-6-3-4-7-16(15)12-21(2)20(24)13-22-10-11-25-14-18(22)17-8-5-9-19(17)23/h3-4,6-7,17-19,23H,5,8-14H2,1-2H3/t17-,18-,19-/m1/s1. The Bertz CT molecular complexity index is 592. The lowest BCUT2D eigenvalue weighted by molar-refractivity contribution is -0.135. The van der Waals surface area contributed by atoms with Gasteiger partial charge in [-0.3, -0.25) is 9.69 Å². The number of amides is 1. The molecule has 1 saturated carbocycles. The minimum absolute atomic E-state index is 0.127. The van der Waals surface area contributed by atoms with Crippen LogP contribution in [0.4, 0.5) is 0 Å². The lowest BCUT2D eigenvalue weighted by Gasteiger charge is -2.40. The molecule has 5 heteroatoms. The fourth-order valence-electron chi connectivity index (χ4n) is 4.09. The largest absolute Gasteiger partial charge is 0.393 e. The SMILES string of the molecule is Cc1ccccc1CN(C)C(=O)CN1CCOC[C@@H]1[C@H]1CCC[C@H]1O. The summed E-state index contributed by atoms with van der Waals surface area (Å²) in [5.41, 5.74) is 2.39. The van der Waals surface area contributed by atoms with Gasteiger partial charge in [-0.25, -0.2) is 0 Å². The Kier molecular flexibility index (Phi) is 6.10. The molecule has 0 radical (unpaired) electrons. The van der Waals surface area contributed by atoms with Crippen LogP contribution in [0.2, 0.25) is 0 Å². The Hall–Kier alpha value is -1.43. The van der Waals surface area contributed by atoms with Gasteiger partial charge in [0.15, 0.2) is 0 Å². The summed E-state index contributed by atoms with van der Waals surface area (Å²) in [6, 6.07) is 8.34. The van der Waals surface area contributed by atoms with Crippen molar-refractivity contribution in [2.45, 2.75) is 44.9 Å². The molecule has 0 unspecified atom stereocenters. The Morgan fingerprint density at radius 3 is 2.88 bits per heavy atom. The molecule has 1 aliphatic carbocycles. The number of ether oxygens (including phenoxy) is 1. The molecule has 2 fully saturated rings. The highest BCUT2D eigenvalue weighted by atomic mass is 16.5. The second-order valence-corrected chi connectivity index (χ2v) is 7.45. The third-order valence-electron chi connectivity index (χ3n) is 5.74. The Morgan fingerprint density at radius 2 is 2.16 bits per heavy atom. The van der Waals surface area contributed by atoms with Gasteiger partial charge in [0.1, 0.15) is 0 Å². The van der Waals surface area contributed by atoms with Gasteiger partial charge in [0.2, 0.25) is 5.91 Å². The minimum Gasteiger partial charge on any atom is -0.393 e. The summed E-state index contributed by atoms with van der Waals surface area (Å²) in [5, 5.41) is 10.3. The number of rotatable bonds is 5. The molecule has 25 heavy (non-hydrogen) atoms. The fourth-order valence-corrected chi connectivity index (χ4v) is 4.09. The van der Waals surface area contributed by atoms with Crippen LogP contribution in [0.1, 0.15) is 30.4 Å². The zero-order chi connectivity index (χ0) is 17.8. The molecule has 1 heterocycles. The number of hydrogen-bond acceptors (Lipinski definition) is 4. The summed E-state index contributed by atoms with van der Waals surface area (Å²) >= 11 is 0. The van der Waals surface area contributed by atoms with E-state index in [1.54, 1.807) is 4.90 Å². The van der Waals surface area contributed by atoms with Gasteiger partial charge in [-0.05, 0) is 30.9 Å². The van der Waals surface area contributed by atoms with E-state index in [0.29, 0.717) is 26.3 Å². The maximum atomic E-state index is 12.7. The van der Waals surface area contributed by atoms with Crippen LogP contribution in [-0.2, 0) is 16.1 Å². The summed E-state index contributed by atoms with van der Waals surface area (Å²) in [4.78, 5) is 16.8. The van der Waals surface area contributed by atoms with Crippen molar-refractivity contribution in [2.24, 2.45) is 5.92 Å². The summed E-state index contributed by atoms with van der Waals surface area (Å²) < 4.78 is 5.65. The van der Waals surface area contributed by atoms with Crippen molar-refractivity contribution in [1.29, 1.82) is 0 Å². The van der Waals surface area contributed by atoms with Crippen molar-refractivity contribution >= 4 is 5.91 Å². The second kappa shape index (κ2) is 8.30. The molecule has 1 saturated heterocycles. The molecule has 2 aliphatic rings. The van der Waals surface area contributed by atoms with Crippen molar-refractivity contribution in [3.05, 3.63) is 35.4 Å². The minimum atomic E-state index is -0.256. The van der Waals surface area contributed by atoms with Crippen LogP contribution < -0.4 is 0 Å². The monoisotopic (exact) mass is 346 g/mol. The third kappa shape index (κ3) is 4.40. The Labute approximate surface area is 150 Å². The van der Waals surface area contributed by atoms with Crippen LogP contribution in [-0.4, -0.2) is 66.3 Å². The highest BCUT2D eigenvalue weighted by Gasteiger charge is 2.38. The molecular formula is C20H30N2O3. The number of carbonyl (C=O) groups excluding carboxylic acids is 1. The lowest BCUT2D eigenvalue weighted by Crippen LogP contribution is -2.54. The van der Waals surface area contributed by atoms with Gasteiger partial charge in [0.25, 0.3) is 0 Å². The second-order valence-electron chi connectivity index (χ2n) is 7.45. The van der Waals surface area contributed by atoms with Gasteiger partial charge in [-0.2, -0.15) is 0 Å². The quantitative estimate of drug-likeness (QED) is 0.884. The van der Waals surface area contributed by atoms with Crippen molar-refractivity contribution < 1.29 is 14.6 Å². The van der Waals surface area contributed by atoms with E-state index in [2.05, 4.69) is 24.0 Å². The van der Waals surface area contributed by atoms with Crippen LogP contribution >= 0.6 is 0 Å². The van der Waals surface area contributed by atoms with Crippen LogP contribution in [0, 0.1) is 12.8 Å². The van der Waals surface area contributed by atoms with Gasteiger partial charge in [0, 0.05) is 32.1 Å². The number of likely N-dealkylation sites (N-methyl/N-ethyl adjacent to an activating group) is 1.